The first-order valence-electron chi connectivity index (χ1n) is 7.24. The number of hydrogen-bond acceptors (Lipinski definition) is 6. The van der Waals surface area contributed by atoms with Crippen LogP contribution in [0.25, 0.3) is 0 Å². The predicted molar refractivity (Wildman–Crippen MR) is 87.7 cm³/mol. The minimum absolute atomic E-state index is 0.00555. The van der Waals surface area contributed by atoms with E-state index in [4.69, 9.17) is 0 Å². The summed E-state index contributed by atoms with van der Waals surface area (Å²) in [6.45, 7) is 1.64. The molecular formula is C17H20O6S. The van der Waals surface area contributed by atoms with Crippen molar-refractivity contribution in [3.63, 3.8) is 0 Å². The maximum atomic E-state index is 12.7. The number of esters is 2. The fourth-order valence-electron chi connectivity index (χ4n) is 2.08. The number of hydrogen-bond donors (Lipinski definition) is 0. The van der Waals surface area contributed by atoms with E-state index in [1.54, 1.807) is 25.1 Å². The summed E-state index contributed by atoms with van der Waals surface area (Å²) in [4.78, 5) is 23.5. The molecular weight excluding hydrogens is 332 g/mol. The van der Waals surface area contributed by atoms with E-state index in [-0.39, 0.29) is 22.6 Å². The lowest BCUT2D eigenvalue weighted by Gasteiger charge is -2.13. The second kappa shape index (κ2) is 9.05. The molecule has 0 radical (unpaired) electrons. The van der Waals surface area contributed by atoms with Gasteiger partial charge in [-0.1, -0.05) is 18.2 Å². The lowest BCUT2D eigenvalue weighted by Crippen LogP contribution is -2.26. The van der Waals surface area contributed by atoms with Gasteiger partial charge in [-0.2, -0.15) is 0 Å². The molecule has 0 heterocycles. The molecule has 24 heavy (non-hydrogen) atoms. The quantitative estimate of drug-likeness (QED) is 0.425. The summed E-state index contributed by atoms with van der Waals surface area (Å²) in [6.07, 6.45) is 1.37. The average molecular weight is 352 g/mol. The number of carbonyl (C=O) groups excluding carboxylic acids is 2. The number of sulfone groups is 1. The van der Waals surface area contributed by atoms with Gasteiger partial charge in [0.2, 0.25) is 9.84 Å². The van der Waals surface area contributed by atoms with Crippen LogP contribution in [0.15, 0.2) is 51.9 Å². The number of benzene rings is 1. The van der Waals surface area contributed by atoms with Crippen LogP contribution in [0.1, 0.15) is 19.8 Å². The van der Waals surface area contributed by atoms with E-state index in [0.717, 1.165) is 14.2 Å². The molecule has 0 spiro atoms. The predicted octanol–water partition coefficient (Wildman–Crippen LogP) is 2.26. The highest BCUT2D eigenvalue weighted by Crippen LogP contribution is 2.24. The number of carbonyl (C=O) groups is 2. The zero-order valence-corrected chi connectivity index (χ0v) is 14.6. The first kappa shape index (κ1) is 19.7. The van der Waals surface area contributed by atoms with Crippen molar-refractivity contribution < 1.29 is 27.5 Å². The van der Waals surface area contributed by atoms with Gasteiger partial charge < -0.3 is 9.47 Å². The molecule has 0 saturated carbocycles. The van der Waals surface area contributed by atoms with Gasteiger partial charge in [0.15, 0.2) is 5.92 Å². The van der Waals surface area contributed by atoms with Crippen molar-refractivity contribution in [1.29, 1.82) is 0 Å². The molecule has 0 amide bonds. The summed E-state index contributed by atoms with van der Waals surface area (Å²) < 4.78 is 34.5. The van der Waals surface area contributed by atoms with Crippen LogP contribution in [0.2, 0.25) is 0 Å². The van der Waals surface area contributed by atoms with Gasteiger partial charge in [0.25, 0.3) is 0 Å². The van der Waals surface area contributed by atoms with Gasteiger partial charge >= 0.3 is 11.9 Å². The van der Waals surface area contributed by atoms with Crippen molar-refractivity contribution in [2.24, 2.45) is 5.92 Å². The molecule has 0 aliphatic heterocycles. The maximum absolute atomic E-state index is 12.7. The molecule has 0 unspecified atom stereocenters. The van der Waals surface area contributed by atoms with Crippen LogP contribution in [-0.4, -0.2) is 34.6 Å². The second-order valence-electron chi connectivity index (χ2n) is 4.81. The molecule has 7 heteroatoms. The molecule has 0 aromatic heterocycles. The highest BCUT2D eigenvalue weighted by atomic mass is 32.2. The van der Waals surface area contributed by atoms with Crippen molar-refractivity contribution in [3.05, 3.63) is 47.0 Å². The van der Waals surface area contributed by atoms with Crippen molar-refractivity contribution in [2.45, 2.75) is 24.7 Å². The number of methoxy groups -OCH3 is 2. The Labute approximate surface area is 141 Å². The monoisotopic (exact) mass is 352 g/mol. The molecule has 6 nitrogen and oxygen atoms in total. The Balaban J connectivity index is 3.09. The molecule has 0 saturated heterocycles. The van der Waals surface area contributed by atoms with Crippen LogP contribution in [0.4, 0.5) is 0 Å². The van der Waals surface area contributed by atoms with Crippen molar-refractivity contribution >= 4 is 21.8 Å². The Morgan fingerprint density at radius 1 is 1.12 bits per heavy atom. The van der Waals surface area contributed by atoms with E-state index in [2.05, 4.69) is 15.2 Å². The van der Waals surface area contributed by atoms with Crippen LogP contribution in [0.5, 0.6) is 0 Å². The molecule has 0 aliphatic carbocycles. The van der Waals surface area contributed by atoms with Gasteiger partial charge in [0.1, 0.15) is 0 Å². The van der Waals surface area contributed by atoms with Gasteiger partial charge in [-0.15, -0.1) is 5.73 Å². The zero-order chi connectivity index (χ0) is 18.2. The largest absolute Gasteiger partial charge is 0.468 e. The molecule has 1 rings (SSSR count). The van der Waals surface area contributed by atoms with Gasteiger partial charge in [0, 0.05) is 0 Å². The Morgan fingerprint density at radius 2 is 1.67 bits per heavy atom. The van der Waals surface area contributed by atoms with Gasteiger partial charge in [-0.05, 0) is 38.0 Å². The lowest BCUT2D eigenvalue weighted by molar-refractivity contribution is -0.159. The van der Waals surface area contributed by atoms with Crippen LogP contribution in [-0.2, 0) is 28.9 Å². The third kappa shape index (κ3) is 4.81. The SMILES string of the molecule is CC=C=C(CCC(C(=O)OC)C(=O)OC)S(=O)(=O)c1ccccc1. The smallest absolute Gasteiger partial charge is 0.320 e. The Bertz CT molecular complexity index is 727. The molecule has 0 N–H and O–H groups in total. The second-order valence-corrected chi connectivity index (χ2v) is 6.78. The van der Waals surface area contributed by atoms with Gasteiger partial charge in [0.05, 0.1) is 24.0 Å². The Hall–Kier alpha value is -2.37. The summed E-state index contributed by atoms with van der Waals surface area (Å²) in [5.74, 6) is -2.71. The van der Waals surface area contributed by atoms with Crippen molar-refractivity contribution in [1.82, 2.24) is 0 Å². The fraction of sp³-hybridized carbons (Fsp3) is 0.353. The molecule has 0 bridgehead atoms. The van der Waals surface area contributed by atoms with E-state index in [9.17, 15) is 18.0 Å². The van der Waals surface area contributed by atoms with Crippen LogP contribution in [0.3, 0.4) is 0 Å². The first-order chi connectivity index (χ1) is 11.4. The average Bonchev–Trinajstić information content (AvgIpc) is 2.60. The molecule has 1 aromatic rings. The lowest BCUT2D eigenvalue weighted by atomic mass is 10.0. The number of ether oxygens (including phenoxy) is 2. The third-order valence-corrected chi connectivity index (χ3v) is 5.18. The fourth-order valence-corrected chi connectivity index (χ4v) is 3.54. The van der Waals surface area contributed by atoms with E-state index in [0.29, 0.717) is 0 Å². The summed E-state index contributed by atoms with van der Waals surface area (Å²) in [5, 5.41) is 0. The zero-order valence-electron chi connectivity index (χ0n) is 13.8. The molecule has 130 valence electrons. The minimum atomic E-state index is -3.75. The van der Waals surface area contributed by atoms with Crippen LogP contribution >= 0.6 is 0 Å². The van der Waals surface area contributed by atoms with Crippen molar-refractivity contribution in [3.8, 4) is 0 Å². The number of allylic oxidation sites excluding steroid dienone is 1. The van der Waals surface area contributed by atoms with E-state index >= 15 is 0 Å². The Morgan fingerprint density at radius 3 is 2.12 bits per heavy atom. The maximum Gasteiger partial charge on any atom is 0.320 e. The van der Waals surface area contributed by atoms with Gasteiger partial charge in [-0.25, -0.2) is 8.42 Å². The van der Waals surface area contributed by atoms with E-state index in [1.807, 2.05) is 0 Å². The highest BCUT2D eigenvalue weighted by Gasteiger charge is 2.30. The van der Waals surface area contributed by atoms with Crippen LogP contribution in [0, 0.1) is 5.92 Å². The van der Waals surface area contributed by atoms with Crippen LogP contribution < -0.4 is 0 Å². The number of rotatable bonds is 7. The summed E-state index contributed by atoms with van der Waals surface area (Å²) in [5.41, 5.74) is 2.69. The molecule has 0 atom stereocenters. The summed E-state index contributed by atoms with van der Waals surface area (Å²) in [6, 6.07) is 7.90. The summed E-state index contributed by atoms with van der Waals surface area (Å²) >= 11 is 0. The van der Waals surface area contributed by atoms with Gasteiger partial charge in [-0.3, -0.25) is 9.59 Å². The standard InChI is InChI=1S/C17H20O6S/c1-4-8-13(24(20,21)14-9-6-5-7-10-14)11-12-15(16(18)22-2)17(19)23-3/h4-7,9-10,15H,11-12H2,1-3H3. The Kier molecular flexibility index (Phi) is 7.42. The normalized spacial score (nSPS) is 10.7. The molecule has 0 aliphatic rings. The molecule has 0 fully saturated rings. The van der Waals surface area contributed by atoms with E-state index < -0.39 is 27.7 Å². The molecule has 1 aromatic carbocycles. The van der Waals surface area contributed by atoms with Crippen molar-refractivity contribution in [2.75, 3.05) is 14.2 Å². The summed E-state index contributed by atoms with van der Waals surface area (Å²) in [7, 11) is -1.44. The topological polar surface area (TPSA) is 86.7 Å². The first-order valence-corrected chi connectivity index (χ1v) is 8.72. The van der Waals surface area contributed by atoms with E-state index in [1.165, 1.54) is 18.2 Å². The highest BCUT2D eigenvalue weighted by molar-refractivity contribution is 7.95. The third-order valence-electron chi connectivity index (χ3n) is 3.31. The minimum Gasteiger partial charge on any atom is -0.468 e.